The SMILES string of the molecule is CCOc1ccc(-c2cs/c(=N\N=C\c3ccc4c(c3)OCO4)n2-c2ccccc2)cc1.[Br-]. The zero-order valence-corrected chi connectivity index (χ0v) is 20.3. The van der Waals surface area contributed by atoms with Crippen LogP contribution in [0.1, 0.15) is 12.5 Å². The van der Waals surface area contributed by atoms with Gasteiger partial charge in [0.05, 0.1) is 18.5 Å². The van der Waals surface area contributed by atoms with Gasteiger partial charge in [-0.1, -0.05) is 18.2 Å². The summed E-state index contributed by atoms with van der Waals surface area (Å²) in [7, 11) is 0. The van der Waals surface area contributed by atoms with Gasteiger partial charge in [-0.25, -0.2) is 0 Å². The molecule has 3 aromatic carbocycles. The van der Waals surface area contributed by atoms with Gasteiger partial charge in [-0.3, -0.25) is 4.57 Å². The predicted molar refractivity (Wildman–Crippen MR) is 126 cm³/mol. The van der Waals surface area contributed by atoms with Gasteiger partial charge in [0.2, 0.25) is 11.6 Å². The number of ether oxygens (including phenoxy) is 3. The highest BCUT2D eigenvalue weighted by Crippen LogP contribution is 2.32. The monoisotopic (exact) mass is 522 g/mol. The standard InChI is InChI=1S/C25H21N3O3S.BrH/c1-2-29-21-11-9-19(10-12-21)22-16-32-25(28(22)20-6-4-3-5-7-20)27-26-15-18-8-13-23-24(14-18)31-17-30-23;/h3-16H,2,17H2,1H3;1H/p-1/b26-15+,27-25-;. The van der Waals surface area contributed by atoms with Gasteiger partial charge in [0.15, 0.2) is 11.5 Å². The Morgan fingerprint density at radius 2 is 1.79 bits per heavy atom. The molecular formula is C25H21BrN3O3S-. The molecule has 4 aromatic rings. The van der Waals surface area contributed by atoms with E-state index in [1.165, 1.54) is 0 Å². The third kappa shape index (κ3) is 5.02. The van der Waals surface area contributed by atoms with Gasteiger partial charge in [-0.2, -0.15) is 5.10 Å². The average Bonchev–Trinajstić information content (AvgIpc) is 3.47. The van der Waals surface area contributed by atoms with Crippen molar-refractivity contribution in [2.24, 2.45) is 10.2 Å². The van der Waals surface area contributed by atoms with Crippen molar-refractivity contribution in [1.29, 1.82) is 0 Å². The highest BCUT2D eigenvalue weighted by molar-refractivity contribution is 7.07. The first-order valence-corrected chi connectivity index (χ1v) is 11.2. The maximum absolute atomic E-state index is 5.58. The van der Waals surface area contributed by atoms with Crippen LogP contribution in [0.4, 0.5) is 0 Å². The van der Waals surface area contributed by atoms with Crippen molar-refractivity contribution in [3.05, 3.63) is 88.5 Å². The Balaban J connectivity index is 0.00000259. The molecule has 6 nitrogen and oxygen atoms in total. The molecule has 0 aliphatic carbocycles. The minimum Gasteiger partial charge on any atom is -1.00 e. The van der Waals surface area contributed by atoms with Crippen LogP contribution in [-0.2, 0) is 0 Å². The normalized spacial score (nSPS) is 12.7. The second-order valence-corrected chi connectivity index (χ2v) is 7.83. The maximum Gasteiger partial charge on any atom is 0.231 e. The molecule has 5 rings (SSSR count). The molecule has 8 heteroatoms. The van der Waals surface area contributed by atoms with Crippen LogP contribution < -0.4 is 36.0 Å². The summed E-state index contributed by atoms with van der Waals surface area (Å²) >= 11 is 1.54. The topological polar surface area (TPSA) is 57.3 Å². The van der Waals surface area contributed by atoms with Gasteiger partial charge in [-0.05, 0) is 72.6 Å². The summed E-state index contributed by atoms with van der Waals surface area (Å²) in [5, 5.41) is 11.0. The Bertz CT molecular complexity index is 1310. The number of benzene rings is 3. The zero-order chi connectivity index (χ0) is 21.8. The van der Waals surface area contributed by atoms with Crippen molar-refractivity contribution < 1.29 is 31.2 Å². The van der Waals surface area contributed by atoms with Crippen LogP contribution in [-0.4, -0.2) is 24.2 Å². The molecule has 0 atom stereocenters. The number of nitrogens with zero attached hydrogens (tertiary/aromatic N) is 3. The molecule has 0 spiro atoms. The summed E-state index contributed by atoms with van der Waals surface area (Å²) in [6.07, 6.45) is 1.72. The third-order valence-corrected chi connectivity index (χ3v) is 5.75. The van der Waals surface area contributed by atoms with Crippen LogP contribution >= 0.6 is 11.3 Å². The fraction of sp³-hybridized carbons (Fsp3) is 0.120. The molecule has 1 aliphatic heterocycles. The second-order valence-electron chi connectivity index (χ2n) is 6.99. The Kier molecular flexibility index (Phi) is 7.26. The van der Waals surface area contributed by atoms with Crippen LogP contribution in [0, 0.1) is 0 Å². The van der Waals surface area contributed by atoms with E-state index in [-0.39, 0.29) is 23.8 Å². The van der Waals surface area contributed by atoms with E-state index in [1.807, 2.05) is 55.5 Å². The maximum atomic E-state index is 5.58. The average molecular weight is 523 g/mol. The largest absolute Gasteiger partial charge is 1.00 e. The quantitative estimate of drug-likeness (QED) is 0.288. The van der Waals surface area contributed by atoms with E-state index < -0.39 is 0 Å². The fourth-order valence-electron chi connectivity index (χ4n) is 3.44. The molecule has 0 N–H and O–H groups in total. The molecule has 0 radical (unpaired) electrons. The van der Waals surface area contributed by atoms with E-state index in [4.69, 9.17) is 14.2 Å². The lowest BCUT2D eigenvalue weighted by Gasteiger charge is -2.10. The predicted octanol–water partition coefficient (Wildman–Crippen LogP) is 2.27. The summed E-state index contributed by atoms with van der Waals surface area (Å²) in [4.78, 5) is 0.775. The number of halogens is 1. The smallest absolute Gasteiger partial charge is 0.231 e. The Morgan fingerprint density at radius 1 is 1.00 bits per heavy atom. The minimum absolute atomic E-state index is 0. The lowest BCUT2D eigenvalue weighted by Crippen LogP contribution is -3.00. The number of para-hydroxylation sites is 1. The molecule has 1 aliphatic rings. The molecule has 1 aromatic heterocycles. The Morgan fingerprint density at radius 3 is 2.58 bits per heavy atom. The summed E-state index contributed by atoms with van der Waals surface area (Å²) in [6.45, 7) is 2.88. The minimum atomic E-state index is 0. The van der Waals surface area contributed by atoms with Gasteiger partial charge in [0.1, 0.15) is 5.75 Å². The highest BCUT2D eigenvalue weighted by Gasteiger charge is 2.13. The summed E-state index contributed by atoms with van der Waals surface area (Å²) < 4.78 is 18.5. The molecule has 33 heavy (non-hydrogen) atoms. The van der Waals surface area contributed by atoms with Crippen molar-refractivity contribution in [1.82, 2.24) is 4.57 Å². The second kappa shape index (κ2) is 10.5. The van der Waals surface area contributed by atoms with Crippen molar-refractivity contribution in [3.8, 4) is 34.2 Å². The number of hydrogen-bond acceptors (Lipinski definition) is 6. The number of hydrogen-bond donors (Lipinski definition) is 0. The van der Waals surface area contributed by atoms with Gasteiger partial charge in [0.25, 0.3) is 0 Å². The van der Waals surface area contributed by atoms with E-state index in [2.05, 4.69) is 44.4 Å². The molecular weight excluding hydrogens is 502 g/mol. The van der Waals surface area contributed by atoms with E-state index in [9.17, 15) is 0 Å². The Labute approximate surface area is 206 Å². The summed E-state index contributed by atoms with van der Waals surface area (Å²) in [6, 6.07) is 24.0. The Hall–Kier alpha value is -3.36. The van der Waals surface area contributed by atoms with Crippen molar-refractivity contribution in [2.75, 3.05) is 13.4 Å². The lowest BCUT2D eigenvalue weighted by atomic mass is 10.1. The summed E-state index contributed by atoms with van der Waals surface area (Å²) in [5.41, 5.74) is 4.04. The number of aromatic nitrogens is 1. The first kappa shape index (κ1) is 22.8. The fourth-order valence-corrected chi connectivity index (χ4v) is 4.30. The van der Waals surface area contributed by atoms with E-state index >= 15 is 0 Å². The van der Waals surface area contributed by atoms with Crippen LogP contribution in [0.25, 0.3) is 16.9 Å². The van der Waals surface area contributed by atoms with Crippen LogP contribution in [0.5, 0.6) is 17.2 Å². The number of rotatable bonds is 6. The van der Waals surface area contributed by atoms with E-state index in [0.717, 1.165) is 44.6 Å². The van der Waals surface area contributed by atoms with E-state index in [1.54, 1.807) is 17.6 Å². The third-order valence-electron chi connectivity index (χ3n) is 4.93. The molecule has 0 amide bonds. The van der Waals surface area contributed by atoms with Gasteiger partial charge in [-0.15, -0.1) is 16.4 Å². The number of thiazole rings is 1. The van der Waals surface area contributed by atoms with Gasteiger partial charge < -0.3 is 31.2 Å². The van der Waals surface area contributed by atoms with Gasteiger partial charge >= 0.3 is 0 Å². The van der Waals surface area contributed by atoms with Crippen molar-refractivity contribution in [2.45, 2.75) is 6.92 Å². The molecule has 2 heterocycles. The molecule has 168 valence electrons. The summed E-state index contributed by atoms with van der Waals surface area (Å²) in [5.74, 6) is 2.33. The molecule has 0 fully saturated rings. The van der Waals surface area contributed by atoms with Gasteiger partial charge in [0, 0.05) is 11.1 Å². The zero-order valence-electron chi connectivity index (χ0n) is 17.8. The first-order chi connectivity index (χ1) is 15.8. The molecule has 0 saturated heterocycles. The molecule has 0 saturated carbocycles. The molecule has 0 unspecified atom stereocenters. The van der Waals surface area contributed by atoms with E-state index in [0.29, 0.717) is 6.61 Å². The first-order valence-electron chi connectivity index (χ1n) is 10.3. The lowest BCUT2D eigenvalue weighted by molar-refractivity contribution is -0.00000838. The van der Waals surface area contributed by atoms with Crippen LogP contribution in [0.3, 0.4) is 0 Å². The van der Waals surface area contributed by atoms with Crippen molar-refractivity contribution in [3.63, 3.8) is 0 Å². The highest BCUT2D eigenvalue weighted by atomic mass is 79.9. The van der Waals surface area contributed by atoms with Crippen molar-refractivity contribution >= 4 is 17.6 Å². The molecule has 0 bridgehead atoms. The van der Waals surface area contributed by atoms with Crippen LogP contribution in [0.2, 0.25) is 0 Å². The number of fused-ring (bicyclic) bond motifs is 1. The van der Waals surface area contributed by atoms with Crippen LogP contribution in [0.15, 0.2) is 88.4 Å².